The molecule has 0 aromatic heterocycles. The quantitative estimate of drug-likeness (QED) is 0.502. The van der Waals surface area contributed by atoms with Gasteiger partial charge in [-0.15, -0.1) is 0 Å². The summed E-state index contributed by atoms with van der Waals surface area (Å²) in [7, 11) is 0. The highest BCUT2D eigenvalue weighted by Gasteiger charge is 2.30. The van der Waals surface area contributed by atoms with Gasteiger partial charge in [0.25, 0.3) is 0 Å². The van der Waals surface area contributed by atoms with Crippen molar-refractivity contribution in [1.29, 1.82) is 0 Å². The predicted molar refractivity (Wildman–Crippen MR) is 132 cm³/mol. The minimum atomic E-state index is -0.965. The molecule has 2 aromatic carbocycles. The summed E-state index contributed by atoms with van der Waals surface area (Å²) < 4.78 is 5.59. The van der Waals surface area contributed by atoms with E-state index in [1.54, 1.807) is 17.8 Å². The van der Waals surface area contributed by atoms with Gasteiger partial charge in [-0.05, 0) is 53.5 Å². The van der Waals surface area contributed by atoms with Crippen molar-refractivity contribution in [3.05, 3.63) is 71.3 Å². The molecule has 0 aliphatic heterocycles. The van der Waals surface area contributed by atoms with Crippen molar-refractivity contribution in [2.24, 2.45) is 0 Å². The lowest BCUT2D eigenvalue weighted by atomic mass is 9.98. The molecule has 2 atom stereocenters. The Balaban J connectivity index is 1.36. The number of ether oxygens (including phenoxy) is 1. The van der Waals surface area contributed by atoms with Crippen molar-refractivity contribution in [1.82, 2.24) is 10.6 Å². The molecule has 8 heteroatoms. The SMILES string of the molecule is CSCCC(NC(=O)OCC1c2ccccc2-c2ccccc21)C(=O)NC1CC=C(C(=O)O)C1. The zero-order valence-corrected chi connectivity index (χ0v) is 19.8. The van der Waals surface area contributed by atoms with Gasteiger partial charge in [-0.1, -0.05) is 54.6 Å². The molecule has 0 bridgehead atoms. The van der Waals surface area contributed by atoms with Gasteiger partial charge in [0.05, 0.1) is 0 Å². The van der Waals surface area contributed by atoms with Crippen LogP contribution in [0.3, 0.4) is 0 Å². The smallest absolute Gasteiger partial charge is 0.407 e. The van der Waals surface area contributed by atoms with Crippen LogP contribution in [0.5, 0.6) is 0 Å². The van der Waals surface area contributed by atoms with Gasteiger partial charge in [-0.3, -0.25) is 4.79 Å². The molecule has 4 rings (SSSR count). The van der Waals surface area contributed by atoms with Gasteiger partial charge in [-0.25, -0.2) is 9.59 Å². The standard InChI is InChI=1S/C26H28N2O5S/c1-34-13-12-23(24(29)27-17-11-10-16(14-17)25(30)31)28-26(32)33-15-22-20-8-4-2-6-18(20)19-7-3-5-9-21(19)22/h2-10,17,22-23H,11-15H2,1H3,(H,27,29)(H,28,32)(H,30,31). The van der Waals surface area contributed by atoms with Crippen LogP contribution in [0.2, 0.25) is 0 Å². The number of benzene rings is 2. The second-order valence-electron chi connectivity index (χ2n) is 8.48. The van der Waals surface area contributed by atoms with Gasteiger partial charge in [0.2, 0.25) is 5.91 Å². The molecule has 2 amide bonds. The number of alkyl carbamates (subject to hydrolysis) is 1. The maximum Gasteiger partial charge on any atom is 0.407 e. The first-order valence-electron chi connectivity index (χ1n) is 11.3. The van der Waals surface area contributed by atoms with Crippen LogP contribution in [0.25, 0.3) is 11.1 Å². The predicted octanol–water partition coefficient (Wildman–Crippen LogP) is 3.94. The lowest BCUT2D eigenvalue weighted by Gasteiger charge is -2.21. The molecule has 0 heterocycles. The number of nitrogens with one attached hydrogen (secondary N) is 2. The summed E-state index contributed by atoms with van der Waals surface area (Å²) in [6.07, 6.45) is 4.11. The number of aliphatic carboxylic acids is 1. The third-order valence-corrected chi connectivity index (χ3v) is 6.94. The number of fused-ring (bicyclic) bond motifs is 3. The van der Waals surface area contributed by atoms with Crippen LogP contribution < -0.4 is 10.6 Å². The Bertz CT molecular complexity index is 1070. The monoisotopic (exact) mass is 480 g/mol. The molecular weight excluding hydrogens is 452 g/mol. The third-order valence-electron chi connectivity index (χ3n) is 6.30. The number of rotatable bonds is 9. The molecule has 0 radical (unpaired) electrons. The Morgan fingerprint density at radius 1 is 1.09 bits per heavy atom. The zero-order chi connectivity index (χ0) is 24.1. The van der Waals surface area contributed by atoms with E-state index in [0.29, 0.717) is 24.2 Å². The molecule has 178 valence electrons. The summed E-state index contributed by atoms with van der Waals surface area (Å²) >= 11 is 1.58. The number of carbonyl (C=O) groups is 3. The van der Waals surface area contributed by atoms with Crippen LogP contribution in [-0.4, -0.2) is 53.8 Å². The van der Waals surface area contributed by atoms with Gasteiger partial charge in [0.1, 0.15) is 12.6 Å². The Morgan fingerprint density at radius 3 is 2.32 bits per heavy atom. The Hall–Kier alpha value is -3.26. The fourth-order valence-corrected chi connectivity index (χ4v) is 5.06. The third kappa shape index (κ3) is 5.28. The van der Waals surface area contributed by atoms with Gasteiger partial charge in [0, 0.05) is 17.5 Å². The minimum absolute atomic E-state index is 0.0596. The summed E-state index contributed by atoms with van der Waals surface area (Å²) in [5.41, 5.74) is 4.84. The Kier molecular flexibility index (Phi) is 7.57. The number of hydrogen-bond donors (Lipinski definition) is 3. The molecular formula is C26H28N2O5S. The van der Waals surface area contributed by atoms with Gasteiger partial charge in [0.15, 0.2) is 0 Å². The van der Waals surface area contributed by atoms with E-state index in [-0.39, 0.29) is 30.9 Å². The summed E-state index contributed by atoms with van der Waals surface area (Å²) in [4.78, 5) is 36.6. The van der Waals surface area contributed by atoms with Crippen molar-refractivity contribution in [3.63, 3.8) is 0 Å². The van der Waals surface area contributed by atoms with Gasteiger partial charge < -0.3 is 20.5 Å². The van der Waals surface area contributed by atoms with Crippen LogP contribution >= 0.6 is 11.8 Å². The van der Waals surface area contributed by atoms with Crippen LogP contribution in [0.1, 0.15) is 36.3 Å². The van der Waals surface area contributed by atoms with E-state index in [9.17, 15) is 14.4 Å². The fraction of sp³-hybridized carbons (Fsp3) is 0.346. The first-order chi connectivity index (χ1) is 16.5. The zero-order valence-electron chi connectivity index (χ0n) is 19.0. The largest absolute Gasteiger partial charge is 0.478 e. The number of thioether (sulfide) groups is 1. The molecule has 0 spiro atoms. The van der Waals surface area contributed by atoms with Crippen LogP contribution in [0, 0.1) is 0 Å². The second kappa shape index (κ2) is 10.8. The van der Waals surface area contributed by atoms with Crippen molar-refractivity contribution in [2.75, 3.05) is 18.6 Å². The van der Waals surface area contributed by atoms with Crippen molar-refractivity contribution in [3.8, 4) is 11.1 Å². The number of hydrogen-bond acceptors (Lipinski definition) is 5. The molecule has 2 unspecified atom stereocenters. The lowest BCUT2D eigenvalue weighted by molar-refractivity contribution is -0.133. The summed E-state index contributed by atoms with van der Waals surface area (Å²) in [6.45, 7) is 0.172. The highest BCUT2D eigenvalue weighted by atomic mass is 32.2. The average Bonchev–Trinajstić information content (AvgIpc) is 3.43. The molecule has 0 saturated heterocycles. The number of carbonyl (C=O) groups excluding carboxylic acids is 2. The first kappa shape index (κ1) is 23.9. The molecule has 3 N–H and O–H groups in total. The van der Waals surface area contributed by atoms with Crippen LogP contribution in [-0.2, 0) is 14.3 Å². The second-order valence-corrected chi connectivity index (χ2v) is 9.47. The molecule has 0 saturated carbocycles. The summed E-state index contributed by atoms with van der Waals surface area (Å²) in [5.74, 6) is -0.666. The van der Waals surface area contributed by atoms with Crippen LogP contribution in [0.15, 0.2) is 60.2 Å². The maximum atomic E-state index is 12.8. The fourth-order valence-electron chi connectivity index (χ4n) is 4.59. The van der Waals surface area contributed by atoms with Gasteiger partial charge in [-0.2, -0.15) is 11.8 Å². The van der Waals surface area contributed by atoms with E-state index in [4.69, 9.17) is 9.84 Å². The highest BCUT2D eigenvalue weighted by Crippen LogP contribution is 2.44. The van der Waals surface area contributed by atoms with E-state index in [0.717, 1.165) is 22.3 Å². The van der Waals surface area contributed by atoms with Crippen molar-refractivity contribution < 1.29 is 24.2 Å². The van der Waals surface area contributed by atoms with E-state index >= 15 is 0 Å². The van der Waals surface area contributed by atoms with E-state index in [1.807, 2.05) is 30.5 Å². The van der Waals surface area contributed by atoms with E-state index < -0.39 is 18.1 Å². The molecule has 0 fully saturated rings. The molecule has 2 aliphatic carbocycles. The van der Waals surface area contributed by atoms with E-state index in [2.05, 4.69) is 34.9 Å². The Morgan fingerprint density at radius 2 is 1.74 bits per heavy atom. The normalized spacial score (nSPS) is 17.3. The topological polar surface area (TPSA) is 105 Å². The minimum Gasteiger partial charge on any atom is -0.478 e. The summed E-state index contributed by atoms with van der Waals surface area (Å²) in [6, 6.07) is 15.2. The number of amides is 2. The number of carboxylic acids is 1. The molecule has 7 nitrogen and oxygen atoms in total. The highest BCUT2D eigenvalue weighted by molar-refractivity contribution is 7.98. The van der Waals surface area contributed by atoms with Gasteiger partial charge >= 0.3 is 12.1 Å². The van der Waals surface area contributed by atoms with Crippen LogP contribution in [0.4, 0.5) is 4.79 Å². The van der Waals surface area contributed by atoms with Crippen molar-refractivity contribution >= 4 is 29.7 Å². The van der Waals surface area contributed by atoms with E-state index in [1.165, 1.54) is 0 Å². The Labute approximate surface area is 203 Å². The lowest BCUT2D eigenvalue weighted by Crippen LogP contribution is -2.49. The first-order valence-corrected chi connectivity index (χ1v) is 12.7. The molecule has 2 aliphatic rings. The summed E-state index contributed by atoms with van der Waals surface area (Å²) in [5, 5.41) is 14.7. The average molecular weight is 481 g/mol. The maximum absolute atomic E-state index is 12.8. The number of carboxylic acid groups (broad SMARTS) is 1. The molecule has 34 heavy (non-hydrogen) atoms. The van der Waals surface area contributed by atoms with Crippen molar-refractivity contribution in [2.45, 2.75) is 37.3 Å². The molecule has 2 aromatic rings.